The molecule has 88 valence electrons. The predicted molar refractivity (Wildman–Crippen MR) is 64.8 cm³/mol. The van der Waals surface area contributed by atoms with Crippen molar-refractivity contribution in [1.29, 1.82) is 0 Å². The van der Waals surface area contributed by atoms with Crippen LogP contribution in [0.25, 0.3) is 0 Å². The van der Waals surface area contributed by atoms with Crippen molar-refractivity contribution in [2.75, 3.05) is 13.1 Å². The second-order valence-corrected chi connectivity index (χ2v) is 6.05. The van der Waals surface area contributed by atoms with Crippen molar-refractivity contribution < 1.29 is 0 Å². The fourth-order valence-corrected chi connectivity index (χ4v) is 3.32. The van der Waals surface area contributed by atoms with E-state index >= 15 is 0 Å². The minimum Gasteiger partial charge on any atom is -0.327 e. The van der Waals surface area contributed by atoms with Gasteiger partial charge >= 0.3 is 0 Å². The molecule has 1 saturated heterocycles. The first-order valence-electron chi connectivity index (χ1n) is 6.60. The highest BCUT2D eigenvalue weighted by Crippen LogP contribution is 2.31. The van der Waals surface area contributed by atoms with Crippen LogP contribution in [0, 0.1) is 5.92 Å². The third kappa shape index (κ3) is 2.54. The topological polar surface area (TPSA) is 29.3 Å². The Labute approximate surface area is 94.2 Å². The lowest BCUT2D eigenvalue weighted by atomic mass is 9.98. The van der Waals surface area contributed by atoms with Crippen LogP contribution in [-0.2, 0) is 0 Å². The summed E-state index contributed by atoms with van der Waals surface area (Å²) in [6.07, 6.45) is 8.05. The van der Waals surface area contributed by atoms with Crippen LogP contribution in [0.3, 0.4) is 0 Å². The average molecular weight is 210 g/mol. The van der Waals surface area contributed by atoms with E-state index in [0.717, 1.165) is 5.92 Å². The van der Waals surface area contributed by atoms with Crippen molar-refractivity contribution in [3.05, 3.63) is 0 Å². The predicted octanol–water partition coefficient (Wildman–Crippen LogP) is 2.38. The molecule has 0 aromatic rings. The minimum atomic E-state index is 0.447. The van der Waals surface area contributed by atoms with Crippen LogP contribution < -0.4 is 5.73 Å². The van der Waals surface area contributed by atoms with Gasteiger partial charge in [-0.3, -0.25) is 4.90 Å². The number of hydrogen-bond donors (Lipinski definition) is 1. The number of nitrogens with zero attached hydrogens (tertiary/aromatic N) is 1. The van der Waals surface area contributed by atoms with Crippen LogP contribution in [0.5, 0.6) is 0 Å². The van der Waals surface area contributed by atoms with Gasteiger partial charge in [-0.25, -0.2) is 0 Å². The fourth-order valence-electron chi connectivity index (χ4n) is 3.32. The highest BCUT2D eigenvalue weighted by molar-refractivity contribution is 4.89. The van der Waals surface area contributed by atoms with E-state index in [0.29, 0.717) is 11.6 Å². The van der Waals surface area contributed by atoms with Crippen LogP contribution >= 0.6 is 0 Å². The second-order valence-electron chi connectivity index (χ2n) is 6.05. The zero-order valence-corrected chi connectivity index (χ0v) is 10.3. The normalized spacial score (nSPS) is 36.2. The van der Waals surface area contributed by atoms with Crippen LogP contribution in [0.15, 0.2) is 0 Å². The Bertz CT molecular complexity index is 213. The zero-order valence-electron chi connectivity index (χ0n) is 10.3. The van der Waals surface area contributed by atoms with Gasteiger partial charge in [-0.15, -0.1) is 0 Å². The van der Waals surface area contributed by atoms with E-state index in [1.807, 2.05) is 0 Å². The van der Waals surface area contributed by atoms with Gasteiger partial charge in [0.15, 0.2) is 0 Å². The fraction of sp³-hybridized carbons (Fsp3) is 1.00. The lowest BCUT2D eigenvalue weighted by Gasteiger charge is -2.32. The SMILES string of the molecule is CC1(C)CCCN1CCC1CCCC1N. The summed E-state index contributed by atoms with van der Waals surface area (Å²) in [7, 11) is 0. The Morgan fingerprint density at radius 2 is 2.07 bits per heavy atom. The number of hydrogen-bond acceptors (Lipinski definition) is 2. The van der Waals surface area contributed by atoms with Gasteiger partial charge in [-0.2, -0.15) is 0 Å². The molecule has 15 heavy (non-hydrogen) atoms. The quantitative estimate of drug-likeness (QED) is 0.775. The molecule has 0 spiro atoms. The molecule has 2 atom stereocenters. The van der Waals surface area contributed by atoms with E-state index in [4.69, 9.17) is 5.73 Å². The van der Waals surface area contributed by atoms with Gasteiger partial charge < -0.3 is 5.73 Å². The van der Waals surface area contributed by atoms with Gasteiger partial charge in [-0.05, 0) is 65.0 Å². The van der Waals surface area contributed by atoms with E-state index in [1.165, 1.54) is 51.6 Å². The molecular formula is C13H26N2. The summed E-state index contributed by atoms with van der Waals surface area (Å²) in [5.41, 5.74) is 6.56. The highest BCUT2D eigenvalue weighted by Gasteiger charge is 2.32. The third-order valence-electron chi connectivity index (χ3n) is 4.56. The summed E-state index contributed by atoms with van der Waals surface area (Å²) >= 11 is 0. The van der Waals surface area contributed by atoms with Crippen LogP contribution in [0.2, 0.25) is 0 Å². The van der Waals surface area contributed by atoms with Crippen molar-refractivity contribution in [3.8, 4) is 0 Å². The monoisotopic (exact) mass is 210 g/mol. The molecule has 2 heteroatoms. The second kappa shape index (κ2) is 4.42. The molecule has 0 amide bonds. The number of rotatable bonds is 3. The zero-order chi connectivity index (χ0) is 10.9. The van der Waals surface area contributed by atoms with E-state index in [9.17, 15) is 0 Å². The van der Waals surface area contributed by atoms with E-state index < -0.39 is 0 Å². The molecule has 1 aliphatic carbocycles. The minimum absolute atomic E-state index is 0.447. The molecule has 2 rings (SSSR count). The van der Waals surface area contributed by atoms with Gasteiger partial charge in [0.2, 0.25) is 0 Å². The van der Waals surface area contributed by atoms with Crippen LogP contribution in [-0.4, -0.2) is 29.6 Å². The maximum absolute atomic E-state index is 6.11. The summed E-state index contributed by atoms with van der Waals surface area (Å²) in [4.78, 5) is 2.66. The Balaban J connectivity index is 1.78. The van der Waals surface area contributed by atoms with E-state index in [1.54, 1.807) is 0 Å². The number of nitrogens with two attached hydrogens (primary N) is 1. The Hall–Kier alpha value is -0.0800. The standard InChI is InChI=1S/C13H26N2/c1-13(2)8-4-9-15(13)10-7-11-5-3-6-12(11)14/h11-12H,3-10,14H2,1-2H3. The smallest absolute Gasteiger partial charge is 0.0153 e. The Morgan fingerprint density at radius 3 is 2.60 bits per heavy atom. The van der Waals surface area contributed by atoms with Crippen molar-refractivity contribution in [1.82, 2.24) is 4.90 Å². The molecule has 1 heterocycles. The molecule has 0 bridgehead atoms. The molecule has 2 N–H and O–H groups in total. The number of likely N-dealkylation sites (tertiary alicyclic amines) is 1. The lowest BCUT2D eigenvalue weighted by Crippen LogP contribution is -2.40. The van der Waals surface area contributed by atoms with Crippen LogP contribution in [0.4, 0.5) is 0 Å². The first-order valence-corrected chi connectivity index (χ1v) is 6.60. The highest BCUT2D eigenvalue weighted by atomic mass is 15.2. The van der Waals surface area contributed by atoms with E-state index in [-0.39, 0.29) is 0 Å². The van der Waals surface area contributed by atoms with Gasteiger partial charge in [-0.1, -0.05) is 6.42 Å². The molecule has 2 unspecified atom stereocenters. The summed E-state index contributed by atoms with van der Waals surface area (Å²) in [5, 5.41) is 0. The molecule has 1 saturated carbocycles. The van der Waals surface area contributed by atoms with Crippen molar-refractivity contribution >= 4 is 0 Å². The molecule has 2 aliphatic rings. The molecule has 0 aromatic carbocycles. The molecule has 0 aromatic heterocycles. The summed E-state index contributed by atoms with van der Waals surface area (Å²) in [6, 6.07) is 0.496. The molecule has 2 nitrogen and oxygen atoms in total. The van der Waals surface area contributed by atoms with E-state index in [2.05, 4.69) is 18.7 Å². The Morgan fingerprint density at radius 1 is 1.27 bits per heavy atom. The largest absolute Gasteiger partial charge is 0.327 e. The van der Waals surface area contributed by atoms with Gasteiger partial charge in [0.1, 0.15) is 0 Å². The average Bonchev–Trinajstić information content (AvgIpc) is 2.69. The first-order chi connectivity index (χ1) is 7.09. The third-order valence-corrected chi connectivity index (χ3v) is 4.56. The summed E-state index contributed by atoms with van der Waals surface area (Å²) in [5.74, 6) is 0.807. The van der Waals surface area contributed by atoms with Gasteiger partial charge in [0.05, 0.1) is 0 Å². The molecule has 1 aliphatic heterocycles. The van der Waals surface area contributed by atoms with Crippen LogP contribution in [0.1, 0.15) is 52.4 Å². The first kappa shape index (κ1) is 11.4. The van der Waals surface area contributed by atoms with Crippen molar-refractivity contribution in [2.24, 2.45) is 11.7 Å². The van der Waals surface area contributed by atoms with Gasteiger partial charge in [0, 0.05) is 11.6 Å². The molecule has 2 fully saturated rings. The van der Waals surface area contributed by atoms with Crippen molar-refractivity contribution in [2.45, 2.75) is 64.0 Å². The van der Waals surface area contributed by atoms with Gasteiger partial charge in [0.25, 0.3) is 0 Å². The Kier molecular flexibility index (Phi) is 3.36. The maximum atomic E-state index is 6.11. The molecule has 0 radical (unpaired) electrons. The summed E-state index contributed by atoms with van der Waals surface area (Å²) < 4.78 is 0. The summed E-state index contributed by atoms with van der Waals surface area (Å²) in [6.45, 7) is 7.34. The molecular weight excluding hydrogens is 184 g/mol. The lowest BCUT2D eigenvalue weighted by molar-refractivity contribution is 0.161. The van der Waals surface area contributed by atoms with Crippen molar-refractivity contribution in [3.63, 3.8) is 0 Å². The maximum Gasteiger partial charge on any atom is 0.0153 e.